The summed E-state index contributed by atoms with van der Waals surface area (Å²) >= 11 is 0. The van der Waals surface area contributed by atoms with Crippen molar-refractivity contribution in [1.82, 2.24) is 20.2 Å². The molecule has 27 heavy (non-hydrogen) atoms. The molecule has 1 aromatic heterocycles. The molecule has 1 heterocycles. The lowest BCUT2D eigenvalue weighted by Crippen LogP contribution is -2.10. The molecule has 0 radical (unpaired) electrons. The van der Waals surface area contributed by atoms with E-state index >= 15 is 0 Å². The van der Waals surface area contributed by atoms with Crippen LogP contribution in [0.1, 0.15) is 49.9 Å². The summed E-state index contributed by atoms with van der Waals surface area (Å²) in [5.74, 6) is -0.419. The Balaban J connectivity index is 1.76. The molecule has 0 N–H and O–H groups in total. The fourth-order valence-corrected chi connectivity index (χ4v) is 3.24. The van der Waals surface area contributed by atoms with Crippen molar-refractivity contribution in [1.29, 1.82) is 0 Å². The molecule has 3 aromatic rings. The summed E-state index contributed by atoms with van der Waals surface area (Å²) in [6.07, 6.45) is 1.48. The molecule has 0 aliphatic carbocycles. The second-order valence-corrected chi connectivity index (χ2v) is 6.42. The summed E-state index contributed by atoms with van der Waals surface area (Å²) in [4.78, 5) is 24.3. The molecule has 0 aliphatic rings. The van der Waals surface area contributed by atoms with Crippen molar-refractivity contribution in [2.75, 3.05) is 0 Å². The van der Waals surface area contributed by atoms with E-state index in [1.54, 1.807) is 31.2 Å². The minimum atomic E-state index is -0.429. The Morgan fingerprint density at radius 2 is 1.78 bits per heavy atom. The minimum Gasteiger partial charge on any atom is -0.457 e. The number of hydrogen-bond acceptors (Lipinski definition) is 6. The number of Topliss-reactive ketones (excluding diaryl/α,β-unsaturated/α-hetero) is 1. The van der Waals surface area contributed by atoms with Gasteiger partial charge in [0.1, 0.15) is 12.9 Å². The highest BCUT2D eigenvalue weighted by Crippen LogP contribution is 2.24. The lowest BCUT2D eigenvalue weighted by molar-refractivity contribution is 0.0471. The van der Waals surface area contributed by atoms with Crippen LogP contribution < -0.4 is 0 Å². The van der Waals surface area contributed by atoms with Crippen LogP contribution in [0.2, 0.25) is 0 Å². The molecule has 0 amide bonds. The van der Waals surface area contributed by atoms with Gasteiger partial charge >= 0.3 is 5.97 Å². The predicted octanol–water partition coefficient (Wildman–Crippen LogP) is 3.15. The van der Waals surface area contributed by atoms with Crippen LogP contribution in [0.5, 0.6) is 0 Å². The average molecular weight is 364 g/mol. The van der Waals surface area contributed by atoms with E-state index in [0.717, 1.165) is 27.9 Å². The number of ether oxygens (including phenoxy) is 1. The van der Waals surface area contributed by atoms with Gasteiger partial charge in [-0.15, -0.1) is 5.10 Å². The number of nitrogens with zero attached hydrogens (tertiary/aromatic N) is 4. The number of hydrogen-bond donors (Lipinski definition) is 0. The number of carbonyl (C=O) groups excluding carboxylic acids is 2. The topological polar surface area (TPSA) is 87.0 Å². The number of rotatable bonds is 5. The first-order valence-corrected chi connectivity index (χ1v) is 8.49. The fourth-order valence-electron chi connectivity index (χ4n) is 3.24. The summed E-state index contributed by atoms with van der Waals surface area (Å²) in [6.45, 7) is 7.42. The molecule has 0 unspecified atom stereocenters. The van der Waals surface area contributed by atoms with Crippen LogP contribution in [-0.4, -0.2) is 32.0 Å². The zero-order valence-corrected chi connectivity index (χ0v) is 15.7. The largest absolute Gasteiger partial charge is 0.457 e. The van der Waals surface area contributed by atoms with Gasteiger partial charge in [-0.05, 0) is 84.6 Å². The molecule has 0 spiro atoms. The van der Waals surface area contributed by atoms with Gasteiger partial charge in [0, 0.05) is 5.56 Å². The number of tetrazole rings is 1. The molecule has 0 atom stereocenters. The maximum atomic E-state index is 12.4. The summed E-state index contributed by atoms with van der Waals surface area (Å²) in [5, 5.41) is 11.0. The van der Waals surface area contributed by atoms with Crippen molar-refractivity contribution in [3.8, 4) is 5.69 Å². The van der Waals surface area contributed by atoms with E-state index < -0.39 is 5.97 Å². The number of carbonyl (C=O) groups is 2. The molecular weight excluding hydrogens is 344 g/mol. The molecule has 0 saturated carbocycles. The summed E-state index contributed by atoms with van der Waals surface area (Å²) in [6, 6.07) is 8.75. The molecule has 7 heteroatoms. The number of benzene rings is 2. The standard InChI is InChI=1S/C20H20N4O3/c1-12-9-13(2)19(15(4)25)14(3)18(12)10-27-20(26)16-5-7-17(8-6-16)24-11-21-22-23-24/h5-9,11H,10H2,1-4H3. The third-order valence-electron chi connectivity index (χ3n) is 4.55. The summed E-state index contributed by atoms with van der Waals surface area (Å²) in [5.41, 5.74) is 5.53. The van der Waals surface area contributed by atoms with Gasteiger partial charge in [0.25, 0.3) is 0 Å². The molecular formula is C20H20N4O3. The van der Waals surface area contributed by atoms with Crippen molar-refractivity contribution in [2.24, 2.45) is 0 Å². The molecule has 0 aliphatic heterocycles. The summed E-state index contributed by atoms with van der Waals surface area (Å²) in [7, 11) is 0. The van der Waals surface area contributed by atoms with Crippen LogP contribution in [0.4, 0.5) is 0 Å². The zero-order chi connectivity index (χ0) is 19.6. The van der Waals surface area contributed by atoms with Crippen molar-refractivity contribution < 1.29 is 14.3 Å². The monoisotopic (exact) mass is 364 g/mol. The van der Waals surface area contributed by atoms with E-state index in [2.05, 4.69) is 15.5 Å². The van der Waals surface area contributed by atoms with E-state index in [0.29, 0.717) is 11.1 Å². The van der Waals surface area contributed by atoms with Crippen molar-refractivity contribution >= 4 is 11.8 Å². The van der Waals surface area contributed by atoms with Crippen molar-refractivity contribution in [2.45, 2.75) is 34.3 Å². The van der Waals surface area contributed by atoms with Crippen LogP contribution in [0, 0.1) is 20.8 Å². The molecule has 2 aromatic carbocycles. The lowest BCUT2D eigenvalue weighted by Gasteiger charge is -2.16. The first-order valence-electron chi connectivity index (χ1n) is 8.49. The number of aryl methyl sites for hydroxylation is 2. The van der Waals surface area contributed by atoms with Crippen LogP contribution in [0.15, 0.2) is 36.7 Å². The van der Waals surface area contributed by atoms with Gasteiger partial charge in [0.2, 0.25) is 0 Å². The Hall–Kier alpha value is -3.35. The van der Waals surface area contributed by atoms with Gasteiger partial charge in [0.15, 0.2) is 5.78 Å². The van der Waals surface area contributed by atoms with E-state index in [4.69, 9.17) is 4.74 Å². The molecule has 0 bridgehead atoms. The maximum absolute atomic E-state index is 12.4. The van der Waals surface area contributed by atoms with Gasteiger partial charge in [-0.3, -0.25) is 4.79 Å². The molecule has 3 rings (SSSR count). The fraction of sp³-hybridized carbons (Fsp3) is 0.250. The summed E-state index contributed by atoms with van der Waals surface area (Å²) < 4.78 is 6.98. The quantitative estimate of drug-likeness (QED) is 0.510. The Bertz CT molecular complexity index is 993. The van der Waals surface area contributed by atoms with E-state index in [-0.39, 0.29) is 12.4 Å². The second kappa shape index (κ2) is 7.49. The highest BCUT2D eigenvalue weighted by atomic mass is 16.5. The molecule has 0 saturated heterocycles. The lowest BCUT2D eigenvalue weighted by atomic mass is 9.92. The Morgan fingerprint density at radius 3 is 2.37 bits per heavy atom. The highest BCUT2D eigenvalue weighted by molar-refractivity contribution is 5.97. The Labute approximate surface area is 157 Å². The number of aromatic nitrogens is 4. The first-order chi connectivity index (χ1) is 12.9. The third kappa shape index (κ3) is 3.76. The van der Waals surface area contributed by atoms with E-state index in [1.807, 2.05) is 26.8 Å². The van der Waals surface area contributed by atoms with Crippen LogP contribution in [0.25, 0.3) is 5.69 Å². The predicted molar refractivity (Wildman–Crippen MR) is 98.9 cm³/mol. The second-order valence-electron chi connectivity index (χ2n) is 6.42. The Morgan fingerprint density at radius 1 is 1.07 bits per heavy atom. The van der Waals surface area contributed by atoms with E-state index in [9.17, 15) is 9.59 Å². The first kappa shape index (κ1) is 18.4. The Kier molecular flexibility index (Phi) is 5.12. The van der Waals surface area contributed by atoms with Gasteiger partial charge in [-0.25, -0.2) is 9.48 Å². The molecule has 7 nitrogen and oxygen atoms in total. The van der Waals surface area contributed by atoms with Crippen LogP contribution in [-0.2, 0) is 11.3 Å². The van der Waals surface area contributed by atoms with Crippen LogP contribution >= 0.6 is 0 Å². The van der Waals surface area contributed by atoms with E-state index in [1.165, 1.54) is 11.0 Å². The smallest absolute Gasteiger partial charge is 0.338 e. The third-order valence-corrected chi connectivity index (χ3v) is 4.55. The maximum Gasteiger partial charge on any atom is 0.338 e. The van der Waals surface area contributed by atoms with Gasteiger partial charge in [-0.1, -0.05) is 6.07 Å². The number of esters is 1. The number of ketones is 1. The average Bonchev–Trinajstić information content (AvgIpc) is 3.15. The van der Waals surface area contributed by atoms with Crippen LogP contribution in [0.3, 0.4) is 0 Å². The SMILES string of the molecule is CC(=O)c1c(C)cc(C)c(COC(=O)c2ccc(-n3cnnn3)cc2)c1C. The van der Waals surface area contributed by atoms with Gasteiger partial charge in [-0.2, -0.15) is 0 Å². The van der Waals surface area contributed by atoms with Crippen molar-refractivity contribution in [3.05, 3.63) is 70.0 Å². The zero-order valence-electron chi connectivity index (χ0n) is 15.7. The molecule has 0 fully saturated rings. The normalized spacial score (nSPS) is 10.7. The highest BCUT2D eigenvalue weighted by Gasteiger charge is 2.16. The molecule has 138 valence electrons. The van der Waals surface area contributed by atoms with Gasteiger partial charge < -0.3 is 4.74 Å². The van der Waals surface area contributed by atoms with Crippen molar-refractivity contribution in [3.63, 3.8) is 0 Å². The van der Waals surface area contributed by atoms with Gasteiger partial charge in [0.05, 0.1) is 11.3 Å². The minimum absolute atomic E-state index is 0.00997.